The molecule has 9 heteroatoms. The van der Waals surface area contributed by atoms with E-state index >= 15 is 0 Å². The summed E-state index contributed by atoms with van der Waals surface area (Å²) >= 11 is 5.81. The Balaban J connectivity index is 1.83. The number of ether oxygens (including phenoxy) is 1. The molecule has 2 aromatic rings. The standard InChI is InChI=1S/C18H19ClN2O6/c19-13-6-7-15(21(25)26)14(10-13)17(23)16(22)8-9-20-18(24)27-11-12-4-2-1-3-5-12/h1-7,10,16-17,22-23H,8-9,11H2,(H,20,24). The number of carbonyl (C=O) groups is 1. The van der Waals surface area contributed by atoms with Gasteiger partial charge >= 0.3 is 6.09 Å². The zero-order valence-corrected chi connectivity index (χ0v) is 15.0. The number of alkyl carbamates (subject to hydrolysis) is 1. The molecule has 144 valence electrons. The minimum Gasteiger partial charge on any atom is -0.445 e. The van der Waals surface area contributed by atoms with Gasteiger partial charge in [-0.1, -0.05) is 41.9 Å². The Kier molecular flexibility index (Phi) is 7.54. The fraction of sp³-hybridized carbons (Fsp3) is 0.278. The molecule has 0 spiro atoms. The average Bonchev–Trinajstić information content (AvgIpc) is 2.66. The van der Waals surface area contributed by atoms with Crippen molar-refractivity contribution in [2.24, 2.45) is 0 Å². The van der Waals surface area contributed by atoms with Crippen LogP contribution in [0.2, 0.25) is 5.02 Å². The van der Waals surface area contributed by atoms with Gasteiger partial charge in [-0.05, 0) is 24.1 Å². The van der Waals surface area contributed by atoms with Crippen LogP contribution >= 0.6 is 11.6 Å². The fourth-order valence-electron chi connectivity index (χ4n) is 2.39. The van der Waals surface area contributed by atoms with E-state index in [4.69, 9.17) is 16.3 Å². The largest absolute Gasteiger partial charge is 0.445 e. The van der Waals surface area contributed by atoms with E-state index in [1.165, 1.54) is 12.1 Å². The predicted molar refractivity (Wildman–Crippen MR) is 98.3 cm³/mol. The molecule has 3 N–H and O–H groups in total. The van der Waals surface area contributed by atoms with E-state index in [0.717, 1.165) is 11.6 Å². The number of nitrogens with zero attached hydrogens (tertiary/aromatic N) is 1. The van der Waals surface area contributed by atoms with Gasteiger partial charge in [0.2, 0.25) is 0 Å². The van der Waals surface area contributed by atoms with E-state index in [0.29, 0.717) is 0 Å². The summed E-state index contributed by atoms with van der Waals surface area (Å²) in [5.41, 5.74) is 0.393. The molecule has 2 rings (SSSR count). The molecule has 0 aliphatic carbocycles. The van der Waals surface area contributed by atoms with Gasteiger partial charge in [-0.3, -0.25) is 10.1 Å². The number of aliphatic hydroxyl groups excluding tert-OH is 2. The topological polar surface area (TPSA) is 122 Å². The Morgan fingerprint density at radius 2 is 1.93 bits per heavy atom. The second-order valence-corrected chi connectivity index (χ2v) is 6.19. The molecule has 1 amide bonds. The normalized spacial score (nSPS) is 12.9. The summed E-state index contributed by atoms with van der Waals surface area (Å²) < 4.78 is 5.02. The number of amides is 1. The lowest BCUT2D eigenvalue weighted by atomic mass is 10.0. The molecule has 0 fully saturated rings. The summed E-state index contributed by atoms with van der Waals surface area (Å²) in [6.45, 7) is 0.118. The maximum absolute atomic E-state index is 11.6. The van der Waals surface area contributed by atoms with Crippen LogP contribution < -0.4 is 5.32 Å². The van der Waals surface area contributed by atoms with Crippen LogP contribution in [0, 0.1) is 10.1 Å². The summed E-state index contributed by atoms with van der Waals surface area (Å²) in [7, 11) is 0. The van der Waals surface area contributed by atoms with Crippen molar-refractivity contribution in [1.29, 1.82) is 0 Å². The summed E-state index contributed by atoms with van der Waals surface area (Å²) in [6, 6.07) is 12.8. The molecule has 0 aliphatic rings. The van der Waals surface area contributed by atoms with Gasteiger partial charge in [-0.15, -0.1) is 0 Å². The van der Waals surface area contributed by atoms with Crippen LogP contribution in [0.4, 0.5) is 10.5 Å². The Bertz CT molecular complexity index is 787. The first-order valence-corrected chi connectivity index (χ1v) is 8.51. The van der Waals surface area contributed by atoms with Crippen molar-refractivity contribution < 1.29 is 24.7 Å². The number of rotatable bonds is 8. The zero-order chi connectivity index (χ0) is 19.8. The van der Waals surface area contributed by atoms with E-state index in [2.05, 4.69) is 5.32 Å². The minimum absolute atomic E-state index is 0.0141. The van der Waals surface area contributed by atoms with Crippen LogP contribution in [0.1, 0.15) is 23.7 Å². The van der Waals surface area contributed by atoms with Crippen molar-refractivity contribution in [3.63, 3.8) is 0 Å². The second-order valence-electron chi connectivity index (χ2n) is 5.75. The van der Waals surface area contributed by atoms with Crippen LogP contribution in [0.15, 0.2) is 48.5 Å². The lowest BCUT2D eigenvalue weighted by Crippen LogP contribution is -2.30. The molecule has 27 heavy (non-hydrogen) atoms. The number of benzene rings is 2. The van der Waals surface area contributed by atoms with E-state index in [9.17, 15) is 25.1 Å². The number of nitro groups is 1. The first kappa shape index (κ1) is 20.6. The molecule has 0 aliphatic heterocycles. The summed E-state index contributed by atoms with van der Waals surface area (Å²) in [5.74, 6) is 0. The van der Waals surface area contributed by atoms with Gasteiger partial charge < -0.3 is 20.3 Å². The highest BCUT2D eigenvalue weighted by Gasteiger charge is 2.26. The van der Waals surface area contributed by atoms with Gasteiger partial charge in [-0.25, -0.2) is 4.79 Å². The maximum Gasteiger partial charge on any atom is 0.407 e. The molecule has 2 atom stereocenters. The molecule has 0 saturated carbocycles. The van der Waals surface area contributed by atoms with E-state index in [1.54, 1.807) is 0 Å². The van der Waals surface area contributed by atoms with Gasteiger partial charge in [0.05, 0.1) is 16.6 Å². The molecule has 2 unspecified atom stereocenters. The molecule has 2 aromatic carbocycles. The van der Waals surface area contributed by atoms with Crippen LogP contribution in [0.3, 0.4) is 0 Å². The Morgan fingerprint density at radius 1 is 1.22 bits per heavy atom. The number of halogens is 1. The van der Waals surface area contributed by atoms with Crippen LogP contribution in [-0.4, -0.2) is 33.9 Å². The summed E-state index contributed by atoms with van der Waals surface area (Å²) in [4.78, 5) is 22.0. The fourth-order valence-corrected chi connectivity index (χ4v) is 2.57. The molecule has 8 nitrogen and oxygen atoms in total. The minimum atomic E-state index is -1.52. The molecule has 0 aromatic heterocycles. The smallest absolute Gasteiger partial charge is 0.407 e. The quantitative estimate of drug-likeness (QED) is 0.467. The van der Waals surface area contributed by atoms with E-state index in [1.807, 2.05) is 30.3 Å². The molecule has 0 heterocycles. The van der Waals surface area contributed by atoms with Crippen molar-refractivity contribution in [1.82, 2.24) is 5.32 Å². The van der Waals surface area contributed by atoms with Crippen molar-refractivity contribution in [3.8, 4) is 0 Å². The van der Waals surface area contributed by atoms with Crippen molar-refractivity contribution >= 4 is 23.4 Å². The van der Waals surface area contributed by atoms with Crippen molar-refractivity contribution in [3.05, 3.63) is 74.8 Å². The van der Waals surface area contributed by atoms with Crippen LogP contribution in [0.25, 0.3) is 0 Å². The Morgan fingerprint density at radius 3 is 2.59 bits per heavy atom. The number of nitro benzene ring substituents is 1. The lowest BCUT2D eigenvalue weighted by molar-refractivity contribution is -0.386. The van der Waals surface area contributed by atoms with Crippen molar-refractivity contribution in [2.45, 2.75) is 25.2 Å². The SMILES string of the molecule is O=C(NCCC(O)C(O)c1cc(Cl)ccc1[N+](=O)[O-])OCc1ccccc1. The predicted octanol–water partition coefficient (Wildman–Crippen LogP) is 2.96. The maximum atomic E-state index is 11.6. The van der Waals surface area contributed by atoms with Gasteiger partial charge in [0.15, 0.2) is 0 Å². The zero-order valence-electron chi connectivity index (χ0n) is 14.2. The second kappa shape index (κ2) is 9.86. The third-order valence-corrected chi connectivity index (χ3v) is 4.03. The number of hydrogen-bond donors (Lipinski definition) is 3. The number of nitrogens with one attached hydrogen (secondary N) is 1. The first-order valence-electron chi connectivity index (χ1n) is 8.13. The third kappa shape index (κ3) is 6.21. The van der Waals surface area contributed by atoms with Gasteiger partial charge in [-0.2, -0.15) is 0 Å². The number of hydrogen-bond acceptors (Lipinski definition) is 6. The van der Waals surface area contributed by atoms with Gasteiger partial charge in [0.25, 0.3) is 5.69 Å². The van der Waals surface area contributed by atoms with Gasteiger partial charge in [0.1, 0.15) is 12.7 Å². The molecule has 0 radical (unpaired) electrons. The lowest BCUT2D eigenvalue weighted by Gasteiger charge is -2.18. The highest BCUT2D eigenvalue weighted by Crippen LogP contribution is 2.30. The van der Waals surface area contributed by atoms with E-state index in [-0.39, 0.29) is 35.8 Å². The highest BCUT2D eigenvalue weighted by molar-refractivity contribution is 6.30. The Hall–Kier alpha value is -2.68. The molecule has 0 bridgehead atoms. The monoisotopic (exact) mass is 394 g/mol. The van der Waals surface area contributed by atoms with Crippen molar-refractivity contribution in [2.75, 3.05) is 6.54 Å². The average molecular weight is 395 g/mol. The van der Waals surface area contributed by atoms with Crippen LogP contribution in [0.5, 0.6) is 0 Å². The number of carbonyl (C=O) groups excluding carboxylic acids is 1. The van der Waals surface area contributed by atoms with Gasteiger partial charge in [0, 0.05) is 17.6 Å². The van der Waals surface area contributed by atoms with E-state index < -0.39 is 23.2 Å². The molecular formula is C18H19ClN2O6. The number of aliphatic hydroxyl groups is 2. The molecule has 0 saturated heterocycles. The summed E-state index contributed by atoms with van der Waals surface area (Å²) in [6.07, 6.45) is -3.57. The molecular weight excluding hydrogens is 376 g/mol. The summed E-state index contributed by atoms with van der Waals surface area (Å²) in [5, 5.41) is 34.0. The highest BCUT2D eigenvalue weighted by atomic mass is 35.5. The van der Waals surface area contributed by atoms with Crippen LogP contribution in [-0.2, 0) is 11.3 Å². The Labute approximate surface area is 160 Å². The third-order valence-electron chi connectivity index (χ3n) is 3.79. The first-order chi connectivity index (χ1) is 12.9.